The van der Waals surface area contributed by atoms with E-state index in [1.165, 1.54) is 10.8 Å². The van der Waals surface area contributed by atoms with Crippen molar-refractivity contribution < 1.29 is 28.0 Å². The molecule has 4 amide bonds. The molecule has 6 rings (SSSR count). The number of urea groups is 1. The maximum atomic E-state index is 16.1. The van der Waals surface area contributed by atoms with Crippen LogP contribution in [0.3, 0.4) is 0 Å². The number of hydrogen-bond donors (Lipinski definition) is 3. The Bertz CT molecular complexity index is 1510. The van der Waals surface area contributed by atoms with Gasteiger partial charge in [-0.1, -0.05) is 16.5 Å². The van der Waals surface area contributed by atoms with Crippen LogP contribution in [0.4, 0.5) is 14.9 Å². The van der Waals surface area contributed by atoms with Crippen molar-refractivity contribution in [2.75, 3.05) is 11.4 Å². The lowest BCUT2D eigenvalue weighted by atomic mass is 9.66. The molecule has 0 saturated carbocycles. The number of morpholine rings is 1. The molecular formula is C22H21FN6O6S. The van der Waals surface area contributed by atoms with Crippen molar-refractivity contribution in [1.82, 2.24) is 20.4 Å². The molecule has 0 bridgehead atoms. The number of benzene rings is 1. The Kier molecular flexibility index (Phi) is 4.87. The van der Waals surface area contributed by atoms with Gasteiger partial charge in [-0.15, -0.1) is 0 Å². The minimum atomic E-state index is -1.76. The van der Waals surface area contributed by atoms with Gasteiger partial charge in [0.2, 0.25) is 17.4 Å². The van der Waals surface area contributed by atoms with Crippen molar-refractivity contribution in [2.45, 2.75) is 45.1 Å². The highest BCUT2D eigenvalue weighted by molar-refractivity contribution is 7.09. The molecule has 1 spiro atoms. The van der Waals surface area contributed by atoms with Crippen molar-refractivity contribution in [2.24, 2.45) is 11.1 Å². The van der Waals surface area contributed by atoms with E-state index in [9.17, 15) is 19.2 Å². The third-order valence-corrected chi connectivity index (χ3v) is 7.97. The van der Waals surface area contributed by atoms with E-state index in [4.69, 9.17) is 15.0 Å². The summed E-state index contributed by atoms with van der Waals surface area (Å²) in [6.45, 7) is 3.84. The molecule has 2 fully saturated rings. The van der Waals surface area contributed by atoms with E-state index in [1.807, 2.05) is 0 Å². The number of ether oxygens (including phenoxy) is 1. The summed E-state index contributed by atoms with van der Waals surface area (Å²) in [7, 11) is 0. The first kappa shape index (κ1) is 22.8. The zero-order valence-electron chi connectivity index (χ0n) is 19.2. The maximum Gasteiger partial charge on any atom is 0.328 e. The fourth-order valence-electron chi connectivity index (χ4n) is 5.74. The largest absolute Gasteiger partial charge is 0.372 e. The van der Waals surface area contributed by atoms with Gasteiger partial charge in [-0.3, -0.25) is 29.6 Å². The molecule has 2 aromatic heterocycles. The van der Waals surface area contributed by atoms with Crippen LogP contribution in [0.15, 0.2) is 21.6 Å². The quantitative estimate of drug-likeness (QED) is 0.413. The summed E-state index contributed by atoms with van der Waals surface area (Å²) in [6.07, 6.45) is 0.319. The SMILES string of the molecule is C[C@@H]1CN2c3c(cc4c(-n5cc(CN)sc5=O)noc4c3F)CC3(C(=O)NC(=O)NC3=O)[C@H]2[C@H](C)O1. The lowest BCUT2D eigenvalue weighted by molar-refractivity contribution is -0.153. The number of halogens is 1. The lowest BCUT2D eigenvalue weighted by Crippen LogP contribution is -2.75. The van der Waals surface area contributed by atoms with Gasteiger partial charge in [0, 0.05) is 30.6 Å². The average molecular weight is 517 g/mol. The number of imide groups is 2. The van der Waals surface area contributed by atoms with E-state index in [0.717, 1.165) is 11.3 Å². The smallest absolute Gasteiger partial charge is 0.328 e. The number of thiazole rings is 1. The summed E-state index contributed by atoms with van der Waals surface area (Å²) >= 11 is 0.935. The molecular weight excluding hydrogens is 495 g/mol. The number of rotatable bonds is 2. The van der Waals surface area contributed by atoms with E-state index in [-0.39, 0.29) is 53.0 Å². The highest BCUT2D eigenvalue weighted by Crippen LogP contribution is 2.49. The van der Waals surface area contributed by atoms with Crippen molar-refractivity contribution in [3.8, 4) is 5.82 Å². The van der Waals surface area contributed by atoms with E-state index >= 15 is 4.39 Å². The zero-order chi connectivity index (χ0) is 25.5. The Morgan fingerprint density at radius 3 is 2.64 bits per heavy atom. The number of nitrogens with one attached hydrogen (secondary N) is 2. The van der Waals surface area contributed by atoms with Crippen LogP contribution in [0.2, 0.25) is 0 Å². The molecule has 3 aromatic rings. The molecule has 3 aliphatic heterocycles. The fourth-order valence-corrected chi connectivity index (χ4v) is 6.44. The number of nitrogens with two attached hydrogens (primary N) is 1. The number of amides is 4. The van der Waals surface area contributed by atoms with Gasteiger partial charge in [-0.25, -0.2) is 9.18 Å². The molecule has 188 valence electrons. The number of carbonyl (C=O) groups is 3. The molecule has 12 nitrogen and oxygen atoms in total. The van der Waals surface area contributed by atoms with Gasteiger partial charge >= 0.3 is 10.9 Å². The number of carbonyl (C=O) groups excluding carboxylic acids is 3. The lowest BCUT2D eigenvalue weighted by Gasteiger charge is -2.55. The predicted molar refractivity (Wildman–Crippen MR) is 124 cm³/mol. The number of barbiturate groups is 1. The molecule has 1 aromatic carbocycles. The second-order valence-electron chi connectivity index (χ2n) is 9.25. The van der Waals surface area contributed by atoms with Gasteiger partial charge in [0.25, 0.3) is 0 Å². The second-order valence-corrected chi connectivity index (χ2v) is 10.3. The normalized spacial score (nSPS) is 25.1. The van der Waals surface area contributed by atoms with Crippen LogP contribution in [0, 0.1) is 11.2 Å². The predicted octanol–water partition coefficient (Wildman–Crippen LogP) is 0.529. The second kappa shape index (κ2) is 7.69. The highest BCUT2D eigenvalue weighted by Gasteiger charge is 2.63. The first-order chi connectivity index (χ1) is 17.1. The summed E-state index contributed by atoms with van der Waals surface area (Å²) in [5, 5.41) is 8.54. The average Bonchev–Trinajstić information content (AvgIpc) is 3.39. The third kappa shape index (κ3) is 2.94. The van der Waals surface area contributed by atoms with Gasteiger partial charge in [0.15, 0.2) is 17.1 Å². The van der Waals surface area contributed by atoms with Crippen molar-refractivity contribution in [3.63, 3.8) is 0 Å². The van der Waals surface area contributed by atoms with Gasteiger partial charge < -0.3 is 19.9 Å². The summed E-state index contributed by atoms with van der Waals surface area (Å²) < 4.78 is 28.6. The van der Waals surface area contributed by atoms with Gasteiger partial charge in [0.1, 0.15) is 0 Å². The number of fused-ring (bicyclic) bond motifs is 5. The molecule has 5 heterocycles. The first-order valence-electron chi connectivity index (χ1n) is 11.3. The minimum Gasteiger partial charge on any atom is -0.372 e. The van der Waals surface area contributed by atoms with Crippen molar-refractivity contribution >= 4 is 45.8 Å². The Morgan fingerprint density at radius 2 is 1.97 bits per heavy atom. The van der Waals surface area contributed by atoms with E-state index in [1.54, 1.807) is 24.8 Å². The first-order valence-corrected chi connectivity index (χ1v) is 12.1. The molecule has 4 N–H and O–H groups in total. The number of hydrogen-bond acceptors (Lipinski definition) is 10. The minimum absolute atomic E-state index is 0.0697. The molecule has 14 heteroatoms. The van der Waals surface area contributed by atoms with Crippen molar-refractivity contribution in [3.05, 3.63) is 38.2 Å². The van der Waals surface area contributed by atoms with Gasteiger partial charge in [0.05, 0.1) is 29.3 Å². The standard InChI is InChI=1S/C22H21FN6O6S/c1-8-6-28-14-10(4-22(16(28)9(2)34-8)18(30)25-20(32)26-19(22)31)3-12-15(13(14)23)35-27-17(12)29-7-11(5-24)36-21(29)33/h3,7-9,16H,4-6,24H2,1-2H3,(H2,25,26,30,31,32)/t8-,9+,16-/m1/s1. The van der Waals surface area contributed by atoms with E-state index in [2.05, 4.69) is 15.8 Å². The molecule has 3 atom stereocenters. The van der Waals surface area contributed by atoms with E-state index < -0.39 is 41.2 Å². The highest BCUT2D eigenvalue weighted by atomic mass is 32.1. The van der Waals surface area contributed by atoms with Crippen molar-refractivity contribution in [1.29, 1.82) is 0 Å². The monoisotopic (exact) mass is 516 g/mol. The molecule has 0 radical (unpaired) electrons. The summed E-state index contributed by atoms with van der Waals surface area (Å²) in [5.41, 5.74) is 4.23. The number of nitrogens with zero attached hydrogens (tertiary/aromatic N) is 3. The Hall–Kier alpha value is -3.62. The molecule has 36 heavy (non-hydrogen) atoms. The summed E-state index contributed by atoms with van der Waals surface area (Å²) in [4.78, 5) is 52.9. The summed E-state index contributed by atoms with van der Waals surface area (Å²) in [6, 6.07) is -0.234. The van der Waals surface area contributed by atoms with E-state index in [0.29, 0.717) is 10.4 Å². The van der Waals surface area contributed by atoms with Crippen LogP contribution < -0.4 is 26.1 Å². The van der Waals surface area contributed by atoms with Crippen LogP contribution in [0.1, 0.15) is 24.3 Å². The Labute approximate surface area is 206 Å². The fraction of sp³-hybridized carbons (Fsp3) is 0.409. The number of anilines is 1. The Morgan fingerprint density at radius 1 is 1.25 bits per heavy atom. The zero-order valence-corrected chi connectivity index (χ0v) is 20.0. The summed E-state index contributed by atoms with van der Waals surface area (Å²) in [5.74, 6) is -2.22. The van der Waals surface area contributed by atoms with Crippen LogP contribution in [0.25, 0.3) is 16.8 Å². The molecule has 0 aliphatic carbocycles. The van der Waals surface area contributed by atoms with Crippen LogP contribution in [-0.2, 0) is 27.3 Å². The van der Waals surface area contributed by atoms with Crippen LogP contribution in [-0.4, -0.2) is 52.4 Å². The van der Waals surface area contributed by atoms with Crippen LogP contribution in [0.5, 0.6) is 0 Å². The maximum absolute atomic E-state index is 16.1. The molecule has 2 saturated heterocycles. The topological polar surface area (TPSA) is 162 Å². The van der Waals surface area contributed by atoms with Crippen LogP contribution >= 0.6 is 11.3 Å². The van der Waals surface area contributed by atoms with Gasteiger partial charge in [-0.2, -0.15) is 0 Å². The third-order valence-electron chi connectivity index (χ3n) is 7.06. The van der Waals surface area contributed by atoms with Gasteiger partial charge in [-0.05, 0) is 25.5 Å². The number of aromatic nitrogens is 2. The molecule has 0 unspecified atom stereocenters. The molecule has 3 aliphatic rings. The Balaban J connectivity index is 1.60.